The molecule has 18 heavy (non-hydrogen) atoms. The molecule has 0 saturated carbocycles. The molecule has 0 fully saturated rings. The molecule has 1 aromatic carbocycles. The second-order valence-corrected chi connectivity index (χ2v) is 3.96. The number of rotatable bonds is 5. The molecular weight excluding hydrogens is 258 g/mol. The molecule has 0 aliphatic heterocycles. The van der Waals surface area contributed by atoms with Crippen molar-refractivity contribution in [1.29, 1.82) is 0 Å². The van der Waals surface area contributed by atoms with Crippen LogP contribution >= 0.6 is 11.6 Å². The molecule has 96 valence electrons. The summed E-state index contributed by atoms with van der Waals surface area (Å²) in [5.74, 6) is 1.49. The topological polar surface area (TPSA) is 64.7 Å². The number of methoxy groups -OCH3 is 1. The number of benzene rings is 1. The Morgan fingerprint density at radius 1 is 1.44 bits per heavy atom. The van der Waals surface area contributed by atoms with Gasteiger partial charge in [-0.05, 0) is 6.07 Å². The van der Waals surface area contributed by atoms with E-state index in [1.54, 1.807) is 18.2 Å². The number of hydrogen-bond acceptors (Lipinski definition) is 5. The van der Waals surface area contributed by atoms with Gasteiger partial charge < -0.3 is 19.1 Å². The Hall–Kier alpha value is -1.72. The van der Waals surface area contributed by atoms with E-state index in [1.165, 1.54) is 13.3 Å². The fourth-order valence-corrected chi connectivity index (χ4v) is 1.75. The molecule has 5 nitrogen and oxygen atoms in total. The van der Waals surface area contributed by atoms with Crippen molar-refractivity contribution in [1.82, 2.24) is 5.16 Å². The first-order chi connectivity index (χ1) is 8.74. The highest BCUT2D eigenvalue weighted by atomic mass is 35.5. The molecule has 1 aromatic heterocycles. The molecule has 0 aliphatic carbocycles. The van der Waals surface area contributed by atoms with Gasteiger partial charge in [-0.15, -0.1) is 0 Å². The number of aromatic nitrogens is 1. The Bertz CT molecular complexity index is 488. The monoisotopic (exact) mass is 269 g/mol. The lowest BCUT2D eigenvalue weighted by atomic mass is 10.2. The van der Waals surface area contributed by atoms with Crippen molar-refractivity contribution in [3.8, 4) is 11.5 Å². The van der Waals surface area contributed by atoms with Crippen molar-refractivity contribution in [2.45, 2.75) is 13.2 Å². The summed E-state index contributed by atoms with van der Waals surface area (Å²) in [6.07, 6.45) is 1.53. The first kappa shape index (κ1) is 12.7. The number of nitrogens with zero attached hydrogens (tertiary/aromatic N) is 1. The molecule has 0 amide bonds. The van der Waals surface area contributed by atoms with Gasteiger partial charge in [-0.25, -0.2) is 0 Å². The largest absolute Gasteiger partial charge is 0.493 e. The maximum Gasteiger partial charge on any atom is 0.174 e. The van der Waals surface area contributed by atoms with Crippen LogP contribution in [0, 0.1) is 0 Å². The van der Waals surface area contributed by atoms with Crippen molar-refractivity contribution in [3.05, 3.63) is 40.7 Å². The zero-order chi connectivity index (χ0) is 13.0. The van der Waals surface area contributed by atoms with Crippen molar-refractivity contribution in [3.63, 3.8) is 0 Å². The van der Waals surface area contributed by atoms with Crippen LogP contribution in [0.1, 0.15) is 11.3 Å². The third kappa shape index (κ3) is 2.75. The zero-order valence-corrected chi connectivity index (χ0v) is 10.5. The van der Waals surface area contributed by atoms with Gasteiger partial charge in [0.05, 0.1) is 19.9 Å². The van der Waals surface area contributed by atoms with E-state index in [0.29, 0.717) is 27.8 Å². The Morgan fingerprint density at radius 3 is 2.89 bits per heavy atom. The van der Waals surface area contributed by atoms with Gasteiger partial charge in [0.15, 0.2) is 17.3 Å². The summed E-state index contributed by atoms with van der Waals surface area (Å²) in [5.41, 5.74) is 0.555. The third-order valence-corrected chi connectivity index (χ3v) is 2.56. The van der Waals surface area contributed by atoms with Crippen molar-refractivity contribution < 1.29 is 19.1 Å². The molecule has 1 N–H and O–H groups in total. The third-order valence-electron chi connectivity index (χ3n) is 2.34. The normalized spacial score (nSPS) is 10.4. The number of aliphatic hydroxyl groups is 1. The van der Waals surface area contributed by atoms with E-state index in [-0.39, 0.29) is 13.2 Å². The maximum atomic E-state index is 9.29. The predicted octanol–water partition coefficient (Wildman–Crippen LogP) is 2.41. The van der Waals surface area contributed by atoms with Crippen LogP contribution in [0.5, 0.6) is 11.5 Å². The van der Waals surface area contributed by atoms with Crippen LogP contribution in [-0.4, -0.2) is 17.4 Å². The molecule has 0 saturated heterocycles. The first-order valence-corrected chi connectivity index (χ1v) is 5.62. The molecule has 0 radical (unpaired) electrons. The van der Waals surface area contributed by atoms with E-state index < -0.39 is 0 Å². The average Bonchev–Trinajstić information content (AvgIpc) is 2.89. The van der Waals surface area contributed by atoms with Crippen LogP contribution in [0.4, 0.5) is 0 Å². The van der Waals surface area contributed by atoms with Crippen molar-refractivity contribution in [2.24, 2.45) is 0 Å². The fraction of sp³-hybridized carbons (Fsp3) is 0.250. The predicted molar refractivity (Wildman–Crippen MR) is 64.8 cm³/mol. The standard InChI is InChI=1S/C12H12ClNO4/c1-16-11-5-9(13)4-8(6-15)12(11)17-7-10-2-3-14-18-10/h2-5,15H,6-7H2,1H3. The van der Waals surface area contributed by atoms with Gasteiger partial charge in [0.25, 0.3) is 0 Å². The number of halogens is 1. The second-order valence-electron chi connectivity index (χ2n) is 3.52. The van der Waals surface area contributed by atoms with Gasteiger partial charge in [0.2, 0.25) is 0 Å². The average molecular weight is 270 g/mol. The summed E-state index contributed by atoms with van der Waals surface area (Å²) in [6, 6.07) is 4.94. The summed E-state index contributed by atoms with van der Waals surface area (Å²) in [7, 11) is 1.51. The highest BCUT2D eigenvalue weighted by molar-refractivity contribution is 6.30. The van der Waals surface area contributed by atoms with Crippen LogP contribution in [0.25, 0.3) is 0 Å². The van der Waals surface area contributed by atoms with E-state index in [4.69, 9.17) is 25.6 Å². The summed E-state index contributed by atoms with van der Waals surface area (Å²) < 4.78 is 15.7. The quantitative estimate of drug-likeness (QED) is 0.903. The number of aliphatic hydroxyl groups excluding tert-OH is 1. The van der Waals surface area contributed by atoms with Crippen LogP contribution in [-0.2, 0) is 13.2 Å². The smallest absolute Gasteiger partial charge is 0.174 e. The van der Waals surface area contributed by atoms with Crippen molar-refractivity contribution in [2.75, 3.05) is 7.11 Å². The lowest BCUT2D eigenvalue weighted by Crippen LogP contribution is -2.00. The molecule has 0 atom stereocenters. The van der Waals surface area contributed by atoms with Gasteiger partial charge in [0, 0.05) is 22.7 Å². The first-order valence-electron chi connectivity index (χ1n) is 5.24. The minimum atomic E-state index is -0.192. The molecule has 0 aliphatic rings. The van der Waals surface area contributed by atoms with Gasteiger partial charge in [-0.1, -0.05) is 16.8 Å². The molecule has 0 unspecified atom stereocenters. The fourth-order valence-electron chi connectivity index (χ4n) is 1.52. The van der Waals surface area contributed by atoms with E-state index in [0.717, 1.165) is 0 Å². The molecule has 1 heterocycles. The lowest BCUT2D eigenvalue weighted by Gasteiger charge is -2.13. The van der Waals surface area contributed by atoms with Crippen LogP contribution in [0.2, 0.25) is 5.02 Å². The Morgan fingerprint density at radius 2 is 2.28 bits per heavy atom. The van der Waals surface area contributed by atoms with E-state index in [9.17, 15) is 5.11 Å². The van der Waals surface area contributed by atoms with E-state index in [1.807, 2.05) is 0 Å². The van der Waals surface area contributed by atoms with E-state index in [2.05, 4.69) is 5.16 Å². The van der Waals surface area contributed by atoms with Gasteiger partial charge in [-0.2, -0.15) is 0 Å². The summed E-state index contributed by atoms with van der Waals surface area (Å²) in [6.45, 7) is 0.00759. The van der Waals surface area contributed by atoms with Crippen LogP contribution in [0.15, 0.2) is 28.9 Å². The summed E-state index contributed by atoms with van der Waals surface area (Å²) >= 11 is 5.90. The van der Waals surface area contributed by atoms with Crippen LogP contribution in [0.3, 0.4) is 0 Å². The van der Waals surface area contributed by atoms with Crippen LogP contribution < -0.4 is 9.47 Å². The van der Waals surface area contributed by atoms with Crippen molar-refractivity contribution >= 4 is 11.6 Å². The Kier molecular flexibility index (Phi) is 4.07. The molecule has 6 heteroatoms. The molecule has 0 bridgehead atoms. The van der Waals surface area contributed by atoms with Gasteiger partial charge in [0.1, 0.15) is 6.61 Å². The minimum absolute atomic E-state index is 0.192. The SMILES string of the molecule is COc1cc(Cl)cc(CO)c1OCc1ccno1. The van der Waals surface area contributed by atoms with Gasteiger partial charge >= 0.3 is 0 Å². The molecule has 2 rings (SSSR count). The Labute approximate surface area is 109 Å². The summed E-state index contributed by atoms with van der Waals surface area (Å²) in [4.78, 5) is 0. The second kappa shape index (κ2) is 5.75. The lowest BCUT2D eigenvalue weighted by molar-refractivity contribution is 0.224. The Balaban J connectivity index is 2.24. The highest BCUT2D eigenvalue weighted by Crippen LogP contribution is 2.35. The number of hydrogen-bond donors (Lipinski definition) is 1. The molecule has 0 spiro atoms. The summed E-state index contributed by atoms with van der Waals surface area (Å²) in [5, 5.41) is 13.3. The van der Waals surface area contributed by atoms with Gasteiger partial charge in [-0.3, -0.25) is 0 Å². The number of ether oxygens (including phenoxy) is 2. The molecule has 2 aromatic rings. The highest BCUT2D eigenvalue weighted by Gasteiger charge is 2.13. The maximum absolute atomic E-state index is 9.29. The minimum Gasteiger partial charge on any atom is -0.493 e. The zero-order valence-electron chi connectivity index (χ0n) is 9.72. The molecular formula is C12H12ClNO4. The van der Waals surface area contributed by atoms with E-state index >= 15 is 0 Å².